The smallest absolute Gasteiger partial charge is 0.393 e. The van der Waals surface area contributed by atoms with Gasteiger partial charge in [0.15, 0.2) is 11.3 Å². The third-order valence-corrected chi connectivity index (χ3v) is 4.52. The Morgan fingerprint density at radius 3 is 2.77 bits per heavy atom. The number of anilines is 1. The van der Waals surface area contributed by atoms with Crippen molar-refractivity contribution in [2.24, 2.45) is 0 Å². The molecule has 3 rings (SSSR count). The van der Waals surface area contributed by atoms with E-state index in [1.165, 1.54) is 6.92 Å². The first-order valence-corrected chi connectivity index (χ1v) is 8.41. The third kappa shape index (κ3) is 3.96. The molecule has 2 heterocycles. The van der Waals surface area contributed by atoms with Gasteiger partial charge in [0, 0.05) is 24.0 Å². The van der Waals surface area contributed by atoms with Gasteiger partial charge in [0.25, 0.3) is 0 Å². The number of halogens is 4. The van der Waals surface area contributed by atoms with E-state index in [2.05, 4.69) is 17.2 Å². The van der Waals surface area contributed by atoms with Crippen LogP contribution in [0.4, 0.5) is 23.2 Å². The molecule has 3 nitrogen and oxygen atoms in total. The van der Waals surface area contributed by atoms with Gasteiger partial charge in [-0.05, 0) is 32.4 Å². The molecule has 1 aromatic carbocycles. The molecular weight excluding hydrogens is 348 g/mol. The molecule has 0 amide bonds. The van der Waals surface area contributed by atoms with Crippen molar-refractivity contribution < 1.29 is 22.0 Å². The van der Waals surface area contributed by atoms with E-state index in [-0.39, 0.29) is 16.9 Å². The number of hydrogen-bond donors (Lipinski definition) is 1. The molecule has 2 aromatic rings. The number of piperidine rings is 1. The molecule has 1 aliphatic heterocycles. The molecule has 1 aliphatic rings. The van der Waals surface area contributed by atoms with Crippen LogP contribution in [0.2, 0.25) is 0 Å². The van der Waals surface area contributed by atoms with Gasteiger partial charge >= 0.3 is 6.18 Å². The second-order valence-corrected chi connectivity index (χ2v) is 6.58. The van der Waals surface area contributed by atoms with Gasteiger partial charge in [-0.15, -0.1) is 0 Å². The molecule has 0 bridgehead atoms. The van der Waals surface area contributed by atoms with Gasteiger partial charge in [0.05, 0.1) is 18.2 Å². The van der Waals surface area contributed by atoms with Crippen molar-refractivity contribution in [1.29, 1.82) is 0 Å². The highest BCUT2D eigenvalue weighted by atomic mass is 19.4. The maximum atomic E-state index is 14.3. The fraction of sp³-hybridized carbons (Fsp3) is 0.474. The summed E-state index contributed by atoms with van der Waals surface area (Å²) in [7, 11) is 1.86. The van der Waals surface area contributed by atoms with Gasteiger partial charge in [-0.1, -0.05) is 18.1 Å². The topological polar surface area (TPSA) is 28.4 Å². The normalized spacial score (nSPS) is 21.5. The largest absolute Gasteiger partial charge is 0.445 e. The third-order valence-electron chi connectivity index (χ3n) is 4.52. The number of likely N-dealkylation sites (tertiary alicyclic amines) is 1. The van der Waals surface area contributed by atoms with E-state index in [1.54, 1.807) is 18.2 Å². The number of alkyl halides is 4. The lowest BCUT2D eigenvalue weighted by Crippen LogP contribution is -2.46. The Labute approximate surface area is 149 Å². The summed E-state index contributed by atoms with van der Waals surface area (Å²) in [4.78, 5) is 1.91. The van der Waals surface area contributed by atoms with Gasteiger partial charge in [0.1, 0.15) is 6.17 Å². The molecule has 1 N–H and O–H groups in total. The van der Waals surface area contributed by atoms with Gasteiger partial charge in [-0.25, -0.2) is 4.39 Å². The highest BCUT2D eigenvalue weighted by molar-refractivity contribution is 5.93. The minimum atomic E-state index is -4.37. The van der Waals surface area contributed by atoms with Crippen molar-refractivity contribution >= 4 is 16.7 Å². The van der Waals surface area contributed by atoms with Crippen molar-refractivity contribution in [3.8, 4) is 11.8 Å². The quantitative estimate of drug-likeness (QED) is 0.644. The van der Waals surface area contributed by atoms with Crippen LogP contribution in [0.25, 0.3) is 11.0 Å². The van der Waals surface area contributed by atoms with Crippen molar-refractivity contribution in [1.82, 2.24) is 4.90 Å². The Balaban J connectivity index is 1.99. The highest BCUT2D eigenvalue weighted by Gasteiger charge is 2.33. The molecule has 0 spiro atoms. The monoisotopic (exact) mass is 368 g/mol. The number of nitrogens with one attached hydrogen (secondary N) is 1. The number of nitrogens with zero attached hydrogens (tertiary/aromatic N) is 1. The van der Waals surface area contributed by atoms with Crippen LogP contribution in [0.15, 0.2) is 22.6 Å². The number of rotatable bonds is 3. The van der Waals surface area contributed by atoms with Crippen molar-refractivity contribution in [2.45, 2.75) is 38.2 Å². The van der Waals surface area contributed by atoms with E-state index < -0.39 is 24.8 Å². The molecule has 0 saturated carbocycles. The summed E-state index contributed by atoms with van der Waals surface area (Å²) in [5.41, 5.74) is 0.800. The van der Waals surface area contributed by atoms with E-state index in [1.807, 2.05) is 11.9 Å². The predicted octanol–water partition coefficient (Wildman–Crippen LogP) is 4.36. The van der Waals surface area contributed by atoms with Crippen LogP contribution in [-0.2, 0) is 6.42 Å². The maximum absolute atomic E-state index is 14.3. The Kier molecular flexibility index (Phi) is 5.15. The summed E-state index contributed by atoms with van der Waals surface area (Å²) in [5.74, 6) is 5.20. The second kappa shape index (κ2) is 7.20. The summed E-state index contributed by atoms with van der Waals surface area (Å²) >= 11 is 0. The van der Waals surface area contributed by atoms with Gasteiger partial charge in [-0.2, -0.15) is 13.2 Å². The van der Waals surface area contributed by atoms with Crippen molar-refractivity contribution in [2.75, 3.05) is 25.5 Å². The summed E-state index contributed by atoms with van der Waals surface area (Å²) in [5, 5.41) is 3.47. The number of fused-ring (bicyclic) bond motifs is 1. The fourth-order valence-electron chi connectivity index (χ4n) is 3.29. The molecule has 26 heavy (non-hydrogen) atoms. The molecule has 1 fully saturated rings. The van der Waals surface area contributed by atoms with E-state index in [9.17, 15) is 17.6 Å². The zero-order chi connectivity index (χ0) is 18.9. The van der Waals surface area contributed by atoms with Crippen LogP contribution in [-0.4, -0.2) is 43.4 Å². The lowest BCUT2D eigenvalue weighted by atomic mass is 10.0. The Bertz CT molecular complexity index is 847. The van der Waals surface area contributed by atoms with Crippen LogP contribution in [0.3, 0.4) is 0 Å². The van der Waals surface area contributed by atoms with Gasteiger partial charge in [-0.3, -0.25) is 0 Å². The van der Waals surface area contributed by atoms with Crippen LogP contribution in [0.5, 0.6) is 0 Å². The van der Waals surface area contributed by atoms with Crippen LogP contribution in [0, 0.1) is 11.8 Å². The molecule has 140 valence electrons. The number of benzene rings is 1. The first-order chi connectivity index (χ1) is 12.3. The number of hydrogen-bond acceptors (Lipinski definition) is 3. The zero-order valence-corrected chi connectivity index (χ0v) is 14.6. The standard InChI is InChI=1S/C19H20F4N2O/c1-3-5-17-13(10-19(21,22)23)12-6-4-7-16(18(12)26-17)24-15-8-9-25(2)11-14(15)20/h4,6-7,14-15,24H,8-11H2,1-2H3/t14-,15-/m0/s1. The van der Waals surface area contributed by atoms with Crippen molar-refractivity contribution in [3.63, 3.8) is 0 Å². The first kappa shape index (κ1) is 18.6. The van der Waals surface area contributed by atoms with E-state index >= 15 is 0 Å². The average molecular weight is 368 g/mol. The number of furan rings is 1. The molecule has 0 aliphatic carbocycles. The molecular formula is C19H20F4N2O. The zero-order valence-electron chi connectivity index (χ0n) is 14.6. The Hall–Kier alpha value is -2.20. The SMILES string of the molecule is CC#Cc1oc2c(N[C@H]3CCN(C)C[C@@H]3F)cccc2c1CC(F)(F)F. The summed E-state index contributed by atoms with van der Waals surface area (Å²) < 4.78 is 58.9. The minimum absolute atomic E-state index is 0.00857. The van der Waals surface area contributed by atoms with E-state index in [0.29, 0.717) is 24.0 Å². The van der Waals surface area contributed by atoms with Crippen LogP contribution >= 0.6 is 0 Å². The predicted molar refractivity (Wildman–Crippen MR) is 92.9 cm³/mol. The summed E-state index contributed by atoms with van der Waals surface area (Å²) in [6, 6.07) is 4.50. The first-order valence-electron chi connectivity index (χ1n) is 8.41. The second-order valence-electron chi connectivity index (χ2n) is 6.58. The Morgan fingerprint density at radius 2 is 2.12 bits per heavy atom. The molecule has 1 saturated heterocycles. The molecule has 0 radical (unpaired) electrons. The summed E-state index contributed by atoms with van der Waals surface area (Å²) in [6.07, 6.45) is -5.95. The number of para-hydroxylation sites is 1. The van der Waals surface area contributed by atoms with Crippen LogP contribution in [0.1, 0.15) is 24.7 Å². The highest BCUT2D eigenvalue weighted by Crippen LogP contribution is 2.35. The Morgan fingerprint density at radius 1 is 1.35 bits per heavy atom. The maximum Gasteiger partial charge on any atom is 0.393 e. The van der Waals surface area contributed by atoms with Crippen molar-refractivity contribution in [3.05, 3.63) is 29.5 Å². The van der Waals surface area contributed by atoms with Gasteiger partial charge < -0.3 is 14.6 Å². The lowest BCUT2D eigenvalue weighted by Gasteiger charge is -2.33. The van der Waals surface area contributed by atoms with Gasteiger partial charge in [0.2, 0.25) is 0 Å². The average Bonchev–Trinajstić information content (AvgIpc) is 2.88. The molecule has 1 aromatic heterocycles. The molecule has 2 atom stereocenters. The minimum Gasteiger partial charge on any atom is -0.445 e. The fourth-order valence-corrected chi connectivity index (χ4v) is 3.29. The molecule has 7 heteroatoms. The lowest BCUT2D eigenvalue weighted by molar-refractivity contribution is -0.127. The molecule has 0 unspecified atom stereocenters. The van der Waals surface area contributed by atoms with E-state index in [0.717, 1.165) is 6.54 Å². The van der Waals surface area contributed by atoms with Crippen LogP contribution < -0.4 is 5.32 Å². The van der Waals surface area contributed by atoms with E-state index in [4.69, 9.17) is 4.42 Å². The summed E-state index contributed by atoms with van der Waals surface area (Å²) in [6.45, 7) is 2.60.